The molecule has 2 aromatic heterocycles. The fourth-order valence-corrected chi connectivity index (χ4v) is 3.40. The topological polar surface area (TPSA) is 88.7 Å². The third-order valence-corrected chi connectivity index (χ3v) is 5.46. The minimum Gasteiger partial charge on any atom is -0.310 e. The first-order valence-corrected chi connectivity index (χ1v) is 9.23. The zero-order valence-corrected chi connectivity index (χ0v) is 15.0. The van der Waals surface area contributed by atoms with E-state index in [2.05, 4.69) is 27.0 Å². The molecule has 0 radical (unpaired) electrons. The van der Waals surface area contributed by atoms with Gasteiger partial charge in [0.25, 0.3) is 11.9 Å². The van der Waals surface area contributed by atoms with Gasteiger partial charge in [-0.2, -0.15) is 14.8 Å². The van der Waals surface area contributed by atoms with Crippen LogP contribution in [0.1, 0.15) is 26.2 Å². The largest absolute Gasteiger partial charge is 0.310 e. The van der Waals surface area contributed by atoms with Crippen LogP contribution in [0.25, 0.3) is 10.6 Å². The summed E-state index contributed by atoms with van der Waals surface area (Å²) < 4.78 is 1.42. The second kappa shape index (κ2) is 6.45. The number of aromatic nitrogens is 2. The molecule has 0 saturated heterocycles. The van der Waals surface area contributed by atoms with Crippen molar-refractivity contribution in [1.82, 2.24) is 9.78 Å². The molecule has 26 heavy (non-hydrogen) atoms. The van der Waals surface area contributed by atoms with Gasteiger partial charge in [-0.25, -0.2) is 4.99 Å². The Labute approximate surface area is 154 Å². The smallest absolute Gasteiger partial charge is 0.281 e. The van der Waals surface area contributed by atoms with Crippen LogP contribution in [0.2, 0.25) is 0 Å². The number of amides is 2. The molecule has 7 nitrogen and oxygen atoms in total. The average molecular weight is 367 g/mol. The van der Waals surface area contributed by atoms with Gasteiger partial charge in [0.2, 0.25) is 5.91 Å². The molecular formula is C18H17N5O2S. The fraction of sp³-hybridized carbons (Fsp3) is 0.278. The monoisotopic (exact) mass is 367 g/mol. The summed E-state index contributed by atoms with van der Waals surface area (Å²) in [6.07, 6.45) is 2.87. The van der Waals surface area contributed by atoms with Gasteiger partial charge >= 0.3 is 0 Å². The Balaban J connectivity index is 1.74. The molecule has 1 aliphatic carbocycles. The van der Waals surface area contributed by atoms with E-state index >= 15 is 0 Å². The Kier molecular flexibility index (Phi) is 4.12. The number of anilines is 1. The maximum Gasteiger partial charge on any atom is 0.281 e. The third-order valence-electron chi connectivity index (χ3n) is 4.56. The summed E-state index contributed by atoms with van der Waals surface area (Å²) in [6, 6.07) is 5.66. The number of nitrogens with one attached hydrogen (secondary N) is 1. The number of hydrogen-bond donors (Lipinski definition) is 1. The van der Waals surface area contributed by atoms with E-state index in [0.29, 0.717) is 17.2 Å². The highest BCUT2D eigenvalue weighted by molar-refractivity contribution is 7.13. The summed E-state index contributed by atoms with van der Waals surface area (Å²) in [5.41, 5.74) is 1.44. The zero-order chi connectivity index (χ0) is 18.3. The van der Waals surface area contributed by atoms with E-state index in [1.807, 2.05) is 17.5 Å². The SMILES string of the molecule is C=C1C(=O)N=C(n2nc(-c3cccs3)cc2NC(=O)C2CCC2)N=C1C. The number of carbonyl (C=O) groups excluding carboxylic acids is 2. The van der Waals surface area contributed by atoms with Crippen molar-refractivity contribution in [2.24, 2.45) is 15.9 Å². The molecule has 1 aliphatic heterocycles. The molecular weight excluding hydrogens is 350 g/mol. The Morgan fingerprint density at radius 3 is 2.81 bits per heavy atom. The van der Waals surface area contributed by atoms with E-state index in [4.69, 9.17) is 0 Å². The lowest BCUT2D eigenvalue weighted by Crippen LogP contribution is -2.30. The quantitative estimate of drug-likeness (QED) is 0.845. The molecule has 4 rings (SSSR count). The number of carbonyl (C=O) groups is 2. The van der Waals surface area contributed by atoms with Crippen LogP contribution in [0.15, 0.2) is 45.7 Å². The zero-order valence-electron chi connectivity index (χ0n) is 14.2. The molecule has 2 aliphatic rings. The first kappa shape index (κ1) is 16.6. The van der Waals surface area contributed by atoms with Crippen molar-refractivity contribution < 1.29 is 9.59 Å². The molecule has 1 N–H and O–H groups in total. The number of thiophene rings is 1. The van der Waals surface area contributed by atoms with Gasteiger partial charge in [0.05, 0.1) is 16.2 Å². The van der Waals surface area contributed by atoms with Gasteiger partial charge in [-0.05, 0) is 31.2 Å². The summed E-state index contributed by atoms with van der Waals surface area (Å²) in [6.45, 7) is 5.38. The second-order valence-corrected chi connectivity index (χ2v) is 7.26. The van der Waals surface area contributed by atoms with Gasteiger partial charge in [0.15, 0.2) is 0 Å². The van der Waals surface area contributed by atoms with Crippen LogP contribution in [0.3, 0.4) is 0 Å². The van der Waals surface area contributed by atoms with Gasteiger partial charge in [-0.3, -0.25) is 9.59 Å². The summed E-state index contributed by atoms with van der Waals surface area (Å²) in [5, 5.41) is 9.39. The van der Waals surface area contributed by atoms with Crippen molar-refractivity contribution in [3.05, 3.63) is 35.7 Å². The average Bonchev–Trinajstić information content (AvgIpc) is 3.19. The van der Waals surface area contributed by atoms with E-state index in [1.54, 1.807) is 24.3 Å². The number of hydrogen-bond acceptors (Lipinski definition) is 5. The van der Waals surface area contributed by atoms with Crippen LogP contribution in [-0.2, 0) is 9.59 Å². The van der Waals surface area contributed by atoms with E-state index < -0.39 is 5.91 Å². The van der Waals surface area contributed by atoms with Gasteiger partial charge in [-0.15, -0.1) is 11.3 Å². The lowest BCUT2D eigenvalue weighted by atomic mass is 9.85. The van der Waals surface area contributed by atoms with Gasteiger partial charge in [0, 0.05) is 12.0 Å². The van der Waals surface area contributed by atoms with Crippen LogP contribution < -0.4 is 5.32 Å². The Morgan fingerprint density at radius 1 is 1.38 bits per heavy atom. The van der Waals surface area contributed by atoms with Crippen molar-refractivity contribution in [3.8, 4) is 10.6 Å². The Morgan fingerprint density at radius 2 is 2.19 bits per heavy atom. The minimum atomic E-state index is -0.447. The molecule has 3 heterocycles. The van der Waals surface area contributed by atoms with Gasteiger partial charge < -0.3 is 5.32 Å². The molecule has 0 spiro atoms. The highest BCUT2D eigenvalue weighted by Gasteiger charge is 2.28. The van der Waals surface area contributed by atoms with Gasteiger partial charge in [-0.1, -0.05) is 19.1 Å². The van der Waals surface area contributed by atoms with Crippen molar-refractivity contribution in [1.29, 1.82) is 0 Å². The third kappa shape index (κ3) is 2.92. The first-order valence-electron chi connectivity index (χ1n) is 8.35. The standard InChI is InChI=1S/C18H17N5O2S/c1-10-11(2)19-18(21-16(10)24)23-15(20-17(25)12-5-3-6-12)9-13(22-23)14-7-4-8-26-14/h4,7-9,12H,1,3,5-6H2,2H3,(H,20,25). The summed E-state index contributed by atoms with van der Waals surface area (Å²) in [7, 11) is 0. The number of nitrogens with zero attached hydrogens (tertiary/aromatic N) is 4. The predicted molar refractivity (Wildman–Crippen MR) is 102 cm³/mol. The van der Waals surface area contributed by atoms with Crippen LogP contribution in [0.5, 0.6) is 0 Å². The maximum atomic E-state index is 12.4. The highest BCUT2D eigenvalue weighted by Crippen LogP contribution is 2.30. The van der Waals surface area contributed by atoms with E-state index in [0.717, 1.165) is 24.1 Å². The van der Waals surface area contributed by atoms with Gasteiger partial charge in [0.1, 0.15) is 11.5 Å². The van der Waals surface area contributed by atoms with Crippen molar-refractivity contribution in [3.63, 3.8) is 0 Å². The van der Waals surface area contributed by atoms with E-state index in [1.165, 1.54) is 4.68 Å². The lowest BCUT2D eigenvalue weighted by molar-refractivity contribution is -0.122. The molecule has 0 atom stereocenters. The predicted octanol–water partition coefficient (Wildman–Crippen LogP) is 3.11. The molecule has 8 heteroatoms. The molecule has 1 fully saturated rings. The molecule has 2 amide bonds. The summed E-state index contributed by atoms with van der Waals surface area (Å²) in [5.74, 6) is 0.135. The van der Waals surface area contributed by atoms with Crippen LogP contribution in [0, 0.1) is 5.92 Å². The molecule has 132 valence electrons. The second-order valence-electron chi connectivity index (χ2n) is 6.31. The van der Waals surface area contributed by atoms with Crippen molar-refractivity contribution in [2.45, 2.75) is 26.2 Å². The van der Waals surface area contributed by atoms with Crippen LogP contribution in [-0.4, -0.2) is 33.3 Å². The van der Waals surface area contributed by atoms with E-state index in [-0.39, 0.29) is 23.4 Å². The van der Waals surface area contributed by atoms with Crippen LogP contribution >= 0.6 is 11.3 Å². The molecule has 2 aromatic rings. The van der Waals surface area contributed by atoms with Crippen LogP contribution in [0.4, 0.5) is 5.82 Å². The minimum absolute atomic E-state index is 0.0310. The Bertz CT molecular complexity index is 964. The number of aliphatic imine (C=N–C) groups is 2. The van der Waals surface area contributed by atoms with Crippen molar-refractivity contribution in [2.75, 3.05) is 5.32 Å². The fourth-order valence-electron chi connectivity index (χ4n) is 2.72. The Hall–Kier alpha value is -2.87. The lowest BCUT2D eigenvalue weighted by Gasteiger charge is -2.24. The normalized spacial score (nSPS) is 17.6. The molecule has 0 bridgehead atoms. The van der Waals surface area contributed by atoms with Crippen molar-refractivity contribution >= 4 is 40.6 Å². The number of rotatable bonds is 3. The maximum absolute atomic E-state index is 12.4. The molecule has 0 unspecified atom stereocenters. The molecule has 1 saturated carbocycles. The first-order chi connectivity index (χ1) is 12.5. The summed E-state index contributed by atoms with van der Waals surface area (Å²) >= 11 is 1.54. The highest BCUT2D eigenvalue weighted by atomic mass is 32.1. The van der Waals surface area contributed by atoms with E-state index in [9.17, 15) is 9.59 Å². The summed E-state index contributed by atoms with van der Waals surface area (Å²) in [4.78, 5) is 33.7. The molecule has 0 aromatic carbocycles.